The lowest BCUT2D eigenvalue weighted by molar-refractivity contribution is 0.0172. The lowest BCUT2D eigenvalue weighted by Crippen LogP contribution is -2.35. The largest absolute Gasteiger partial charge is 0.444 e. The molecule has 0 aliphatic carbocycles. The molecule has 1 amide bonds. The fourth-order valence-electron chi connectivity index (χ4n) is 4.21. The van der Waals surface area contributed by atoms with E-state index in [1.54, 1.807) is 4.90 Å². The van der Waals surface area contributed by atoms with E-state index >= 15 is 0 Å². The first kappa shape index (κ1) is 17.0. The van der Waals surface area contributed by atoms with Crippen LogP contribution in [0.4, 0.5) is 13.6 Å². The molecule has 1 fully saturated rings. The molecule has 3 atom stereocenters. The molecule has 0 radical (unpaired) electrons. The molecular weight excluding hydrogens is 336 g/mol. The molecule has 0 saturated carbocycles. The second-order valence-corrected chi connectivity index (χ2v) is 8.00. The summed E-state index contributed by atoms with van der Waals surface area (Å²) in [5.41, 5.74) is 1.82. The van der Waals surface area contributed by atoms with Crippen molar-refractivity contribution in [2.24, 2.45) is 0 Å². The van der Waals surface area contributed by atoms with Crippen molar-refractivity contribution in [2.45, 2.75) is 50.8 Å². The van der Waals surface area contributed by atoms with Crippen LogP contribution in [-0.4, -0.2) is 16.6 Å². The molecule has 2 aromatic rings. The molecule has 1 saturated heterocycles. The van der Waals surface area contributed by atoms with Gasteiger partial charge in [0, 0.05) is 5.92 Å². The summed E-state index contributed by atoms with van der Waals surface area (Å²) in [6.07, 6.45) is 0.231. The van der Waals surface area contributed by atoms with Crippen LogP contribution >= 0.6 is 0 Å². The predicted octanol–water partition coefficient (Wildman–Crippen LogP) is 5.49. The van der Waals surface area contributed by atoms with Gasteiger partial charge in [0.1, 0.15) is 5.60 Å². The zero-order valence-corrected chi connectivity index (χ0v) is 15.0. The standard InChI is InChI=1S/C21H21F2NO2/c1-21(2,3)26-20(25)24-18-11-13(12-7-5-4-6-8-12)19(24)15-10-17(23)16(22)9-14(15)18/h4-10,13,18-19H,11H2,1-3H3/t13-,18-,19+/m1/s1. The lowest BCUT2D eigenvalue weighted by Gasteiger charge is -2.29. The topological polar surface area (TPSA) is 29.5 Å². The third kappa shape index (κ3) is 2.66. The van der Waals surface area contributed by atoms with Gasteiger partial charge >= 0.3 is 6.09 Å². The SMILES string of the molecule is CC(C)(C)OC(=O)N1[C@@H]2C[C@H](c3ccccc3)[C@H]1c1cc(F)c(F)cc12. The minimum atomic E-state index is -0.882. The number of benzene rings is 2. The monoisotopic (exact) mass is 357 g/mol. The summed E-state index contributed by atoms with van der Waals surface area (Å²) >= 11 is 0. The van der Waals surface area contributed by atoms with Crippen LogP contribution in [0, 0.1) is 11.6 Å². The Morgan fingerprint density at radius 3 is 2.31 bits per heavy atom. The highest BCUT2D eigenvalue weighted by Crippen LogP contribution is 2.60. The number of hydrogen-bond acceptors (Lipinski definition) is 2. The van der Waals surface area contributed by atoms with Crippen LogP contribution < -0.4 is 0 Å². The van der Waals surface area contributed by atoms with Gasteiger partial charge in [0.05, 0.1) is 12.1 Å². The van der Waals surface area contributed by atoms with Crippen molar-refractivity contribution in [1.29, 1.82) is 0 Å². The van der Waals surface area contributed by atoms with E-state index in [-0.39, 0.29) is 18.0 Å². The maximum Gasteiger partial charge on any atom is 0.411 e. The van der Waals surface area contributed by atoms with Gasteiger partial charge in [-0.2, -0.15) is 0 Å². The first-order chi connectivity index (χ1) is 12.3. The van der Waals surface area contributed by atoms with Gasteiger partial charge in [-0.15, -0.1) is 0 Å². The van der Waals surface area contributed by atoms with Crippen LogP contribution in [0.3, 0.4) is 0 Å². The Bertz CT molecular complexity index is 860. The van der Waals surface area contributed by atoms with Gasteiger partial charge in [-0.3, -0.25) is 4.90 Å². The van der Waals surface area contributed by atoms with E-state index in [4.69, 9.17) is 4.74 Å². The maximum atomic E-state index is 13.9. The molecule has 0 aromatic heterocycles. The first-order valence-corrected chi connectivity index (χ1v) is 8.81. The Morgan fingerprint density at radius 1 is 1.08 bits per heavy atom. The average molecular weight is 357 g/mol. The number of nitrogens with zero attached hydrogens (tertiary/aromatic N) is 1. The van der Waals surface area contributed by atoms with Crippen molar-refractivity contribution in [2.75, 3.05) is 0 Å². The second kappa shape index (κ2) is 5.79. The first-order valence-electron chi connectivity index (χ1n) is 8.81. The number of halogens is 2. The number of hydrogen-bond donors (Lipinski definition) is 0. The summed E-state index contributed by atoms with van der Waals surface area (Å²) in [7, 11) is 0. The highest BCUT2D eigenvalue weighted by atomic mass is 19.2. The normalized spacial score (nSPS) is 23.9. The highest BCUT2D eigenvalue weighted by molar-refractivity contribution is 5.73. The van der Waals surface area contributed by atoms with E-state index in [1.165, 1.54) is 12.1 Å². The number of rotatable bonds is 1. The summed E-state index contributed by atoms with van der Waals surface area (Å²) in [6, 6.07) is 11.7. The Hall–Kier alpha value is -2.43. The van der Waals surface area contributed by atoms with Gasteiger partial charge in [0.2, 0.25) is 0 Å². The number of fused-ring (bicyclic) bond motifs is 5. The molecule has 4 rings (SSSR count). The molecule has 3 nitrogen and oxygen atoms in total. The third-order valence-electron chi connectivity index (χ3n) is 5.13. The van der Waals surface area contributed by atoms with Crippen molar-refractivity contribution < 1.29 is 18.3 Å². The Kier molecular flexibility index (Phi) is 3.79. The summed E-state index contributed by atoms with van der Waals surface area (Å²) < 4.78 is 33.3. The predicted molar refractivity (Wildman–Crippen MR) is 93.7 cm³/mol. The van der Waals surface area contributed by atoms with E-state index in [2.05, 4.69) is 0 Å². The Morgan fingerprint density at radius 2 is 1.69 bits per heavy atom. The van der Waals surface area contributed by atoms with E-state index < -0.39 is 23.3 Å². The highest BCUT2D eigenvalue weighted by Gasteiger charge is 2.54. The summed E-state index contributed by atoms with van der Waals surface area (Å²) in [5.74, 6) is -1.73. The molecular formula is C21H21F2NO2. The molecule has 0 spiro atoms. The molecule has 26 heavy (non-hydrogen) atoms. The fourth-order valence-corrected chi connectivity index (χ4v) is 4.21. The smallest absolute Gasteiger partial charge is 0.411 e. The van der Waals surface area contributed by atoms with Crippen molar-refractivity contribution in [3.8, 4) is 0 Å². The van der Waals surface area contributed by atoms with Crippen LogP contribution in [0.2, 0.25) is 0 Å². The minimum Gasteiger partial charge on any atom is -0.444 e. The van der Waals surface area contributed by atoms with E-state index in [1.807, 2.05) is 51.1 Å². The molecule has 5 heteroatoms. The number of carbonyl (C=O) groups is 1. The van der Waals surface area contributed by atoms with E-state index in [9.17, 15) is 13.6 Å². The van der Waals surface area contributed by atoms with Crippen LogP contribution in [0.1, 0.15) is 61.9 Å². The number of ether oxygens (including phenoxy) is 1. The zero-order chi connectivity index (χ0) is 18.6. The van der Waals surface area contributed by atoms with Gasteiger partial charge in [-0.1, -0.05) is 30.3 Å². The average Bonchev–Trinajstić information content (AvgIpc) is 3.09. The van der Waals surface area contributed by atoms with E-state index in [0.29, 0.717) is 17.5 Å². The van der Waals surface area contributed by atoms with Crippen LogP contribution in [-0.2, 0) is 4.74 Å². The van der Waals surface area contributed by atoms with Gasteiger partial charge in [0.15, 0.2) is 11.6 Å². The lowest BCUT2D eigenvalue weighted by atomic mass is 9.80. The third-order valence-corrected chi connectivity index (χ3v) is 5.13. The van der Waals surface area contributed by atoms with E-state index in [0.717, 1.165) is 5.56 Å². The van der Waals surface area contributed by atoms with Crippen molar-refractivity contribution in [3.63, 3.8) is 0 Å². The number of amides is 1. The Labute approximate surface area is 151 Å². The quantitative estimate of drug-likeness (QED) is 0.676. The van der Waals surface area contributed by atoms with Gasteiger partial charge < -0.3 is 4.74 Å². The fraction of sp³-hybridized carbons (Fsp3) is 0.381. The van der Waals surface area contributed by atoms with Gasteiger partial charge in [-0.25, -0.2) is 13.6 Å². The van der Waals surface area contributed by atoms with Crippen molar-refractivity contribution >= 4 is 6.09 Å². The molecule has 0 unspecified atom stereocenters. The molecule has 2 aliphatic heterocycles. The van der Waals surface area contributed by atoms with Crippen molar-refractivity contribution in [1.82, 2.24) is 4.90 Å². The number of carbonyl (C=O) groups excluding carboxylic acids is 1. The van der Waals surface area contributed by atoms with Crippen molar-refractivity contribution in [3.05, 3.63) is 70.8 Å². The van der Waals surface area contributed by atoms with Crippen LogP contribution in [0.5, 0.6) is 0 Å². The zero-order valence-electron chi connectivity index (χ0n) is 15.0. The molecule has 2 bridgehead atoms. The minimum absolute atomic E-state index is 0.0334. The second-order valence-electron chi connectivity index (χ2n) is 8.00. The summed E-state index contributed by atoms with van der Waals surface area (Å²) in [5, 5.41) is 0. The molecule has 2 aromatic carbocycles. The molecule has 2 heterocycles. The molecule has 2 aliphatic rings. The van der Waals surface area contributed by atoms with Gasteiger partial charge in [-0.05, 0) is 56.0 Å². The molecule has 136 valence electrons. The van der Waals surface area contributed by atoms with Crippen LogP contribution in [0.25, 0.3) is 0 Å². The molecule has 0 N–H and O–H groups in total. The summed E-state index contributed by atoms with van der Waals surface area (Å²) in [6.45, 7) is 5.43. The maximum absolute atomic E-state index is 13.9. The summed E-state index contributed by atoms with van der Waals surface area (Å²) in [4.78, 5) is 14.5. The van der Waals surface area contributed by atoms with Crippen LogP contribution in [0.15, 0.2) is 42.5 Å². The van der Waals surface area contributed by atoms with Gasteiger partial charge in [0.25, 0.3) is 0 Å². The Balaban J connectivity index is 1.78.